The van der Waals surface area contributed by atoms with Crippen molar-refractivity contribution in [1.82, 2.24) is 10.3 Å². The molecule has 1 aliphatic rings. The standard InChI is InChI=1S/C15H20N2O2/c18-10-2-1-3-13-4-5-15(17-11-13)19-12-14-6-8-16-9-7-14/h4-5,11,14,16,18H,2,6-10,12H2. The molecule has 1 saturated heterocycles. The molecule has 1 aliphatic heterocycles. The zero-order valence-electron chi connectivity index (χ0n) is 11.1. The molecule has 2 heterocycles. The SMILES string of the molecule is OCCC#Cc1ccc(OCC2CCNCC2)nc1. The third kappa shape index (κ3) is 4.90. The van der Waals surface area contributed by atoms with E-state index >= 15 is 0 Å². The van der Waals surface area contributed by atoms with Crippen molar-refractivity contribution < 1.29 is 9.84 Å². The van der Waals surface area contributed by atoms with E-state index in [1.165, 1.54) is 12.8 Å². The van der Waals surface area contributed by atoms with Crippen molar-refractivity contribution in [2.45, 2.75) is 19.3 Å². The predicted molar refractivity (Wildman–Crippen MR) is 73.9 cm³/mol. The molecule has 4 heteroatoms. The minimum atomic E-state index is 0.0951. The van der Waals surface area contributed by atoms with Crippen LogP contribution in [-0.2, 0) is 0 Å². The highest BCUT2D eigenvalue weighted by atomic mass is 16.5. The molecule has 0 saturated carbocycles. The Morgan fingerprint density at radius 1 is 1.37 bits per heavy atom. The lowest BCUT2D eigenvalue weighted by molar-refractivity contribution is 0.209. The average Bonchev–Trinajstić information content (AvgIpc) is 2.48. The molecule has 0 bridgehead atoms. The number of rotatable bonds is 4. The summed E-state index contributed by atoms with van der Waals surface area (Å²) in [7, 11) is 0. The third-order valence-corrected chi connectivity index (χ3v) is 3.13. The second-order valence-corrected chi connectivity index (χ2v) is 4.66. The normalized spacial score (nSPS) is 15.6. The van der Waals surface area contributed by atoms with Gasteiger partial charge in [-0.05, 0) is 37.9 Å². The van der Waals surface area contributed by atoms with Gasteiger partial charge in [-0.1, -0.05) is 11.8 Å². The summed E-state index contributed by atoms with van der Waals surface area (Å²) in [5.41, 5.74) is 0.850. The lowest BCUT2D eigenvalue weighted by atomic mass is 9.99. The molecule has 0 unspecified atom stereocenters. The lowest BCUT2D eigenvalue weighted by Crippen LogP contribution is -2.30. The Bertz CT molecular complexity index is 428. The van der Waals surface area contributed by atoms with Crippen molar-refractivity contribution in [3.63, 3.8) is 0 Å². The molecule has 1 aromatic heterocycles. The minimum absolute atomic E-state index is 0.0951. The highest BCUT2D eigenvalue weighted by molar-refractivity contribution is 5.33. The monoisotopic (exact) mass is 260 g/mol. The molecule has 0 aliphatic carbocycles. The predicted octanol–water partition coefficient (Wildman–Crippen LogP) is 1.19. The summed E-state index contributed by atoms with van der Waals surface area (Å²) in [5, 5.41) is 12.0. The first-order chi connectivity index (χ1) is 9.38. The Morgan fingerprint density at radius 3 is 2.89 bits per heavy atom. The summed E-state index contributed by atoms with van der Waals surface area (Å²) in [5.74, 6) is 7.10. The van der Waals surface area contributed by atoms with Crippen LogP contribution >= 0.6 is 0 Å². The molecule has 0 amide bonds. The highest BCUT2D eigenvalue weighted by Gasteiger charge is 2.13. The van der Waals surface area contributed by atoms with E-state index in [4.69, 9.17) is 9.84 Å². The van der Waals surface area contributed by atoms with Gasteiger partial charge in [0.25, 0.3) is 0 Å². The number of aromatic nitrogens is 1. The Balaban J connectivity index is 1.80. The summed E-state index contributed by atoms with van der Waals surface area (Å²) in [6.07, 6.45) is 4.55. The van der Waals surface area contributed by atoms with E-state index < -0.39 is 0 Å². The van der Waals surface area contributed by atoms with Crippen LogP contribution in [0.25, 0.3) is 0 Å². The summed E-state index contributed by atoms with van der Waals surface area (Å²) in [4.78, 5) is 4.24. The van der Waals surface area contributed by atoms with Crippen LogP contribution in [0.1, 0.15) is 24.8 Å². The molecule has 2 rings (SSSR count). The zero-order chi connectivity index (χ0) is 13.3. The molecule has 0 aromatic carbocycles. The Labute approximate surface area is 114 Å². The first kappa shape index (κ1) is 13.9. The number of aliphatic hydroxyl groups excluding tert-OH is 1. The second kappa shape index (κ2) is 7.78. The second-order valence-electron chi connectivity index (χ2n) is 4.66. The van der Waals surface area contributed by atoms with Gasteiger partial charge in [0.2, 0.25) is 5.88 Å². The Kier molecular flexibility index (Phi) is 5.67. The van der Waals surface area contributed by atoms with Crippen LogP contribution in [0.3, 0.4) is 0 Å². The van der Waals surface area contributed by atoms with Gasteiger partial charge < -0.3 is 15.2 Å². The van der Waals surface area contributed by atoms with Gasteiger partial charge in [-0.2, -0.15) is 0 Å². The zero-order valence-corrected chi connectivity index (χ0v) is 11.1. The van der Waals surface area contributed by atoms with Gasteiger partial charge in [0.1, 0.15) is 0 Å². The number of aliphatic hydroxyl groups is 1. The third-order valence-electron chi connectivity index (χ3n) is 3.13. The van der Waals surface area contributed by atoms with Crippen molar-refractivity contribution in [1.29, 1.82) is 0 Å². The van der Waals surface area contributed by atoms with Crippen molar-refractivity contribution in [2.24, 2.45) is 5.92 Å². The van der Waals surface area contributed by atoms with Crippen molar-refractivity contribution in [2.75, 3.05) is 26.3 Å². The topological polar surface area (TPSA) is 54.4 Å². The number of pyridine rings is 1. The molecule has 1 fully saturated rings. The first-order valence-electron chi connectivity index (χ1n) is 6.78. The van der Waals surface area contributed by atoms with E-state index in [0.717, 1.165) is 25.3 Å². The summed E-state index contributed by atoms with van der Waals surface area (Å²) < 4.78 is 5.70. The van der Waals surface area contributed by atoms with E-state index in [2.05, 4.69) is 22.1 Å². The number of hydrogen-bond acceptors (Lipinski definition) is 4. The maximum Gasteiger partial charge on any atom is 0.213 e. The van der Waals surface area contributed by atoms with Crippen LogP contribution in [0, 0.1) is 17.8 Å². The fraction of sp³-hybridized carbons (Fsp3) is 0.533. The van der Waals surface area contributed by atoms with Gasteiger partial charge in [-0.15, -0.1) is 0 Å². The van der Waals surface area contributed by atoms with Crippen molar-refractivity contribution >= 4 is 0 Å². The van der Waals surface area contributed by atoms with Gasteiger partial charge >= 0.3 is 0 Å². The molecular weight excluding hydrogens is 240 g/mol. The van der Waals surface area contributed by atoms with Gasteiger partial charge in [0.15, 0.2) is 0 Å². The van der Waals surface area contributed by atoms with E-state index in [9.17, 15) is 0 Å². The molecule has 19 heavy (non-hydrogen) atoms. The van der Waals surface area contributed by atoms with Crippen LogP contribution < -0.4 is 10.1 Å². The number of nitrogens with zero attached hydrogens (tertiary/aromatic N) is 1. The quantitative estimate of drug-likeness (QED) is 0.799. The van der Waals surface area contributed by atoms with Gasteiger partial charge in [0, 0.05) is 24.2 Å². The Hall–Kier alpha value is -1.57. The largest absolute Gasteiger partial charge is 0.477 e. The summed E-state index contributed by atoms with van der Waals surface area (Å²) >= 11 is 0. The van der Waals surface area contributed by atoms with Crippen molar-refractivity contribution in [3.05, 3.63) is 23.9 Å². The van der Waals surface area contributed by atoms with Crippen LogP contribution in [0.15, 0.2) is 18.3 Å². The fourth-order valence-corrected chi connectivity index (χ4v) is 2.01. The fourth-order valence-electron chi connectivity index (χ4n) is 2.01. The van der Waals surface area contributed by atoms with Gasteiger partial charge in [-0.25, -0.2) is 4.98 Å². The average molecular weight is 260 g/mol. The van der Waals surface area contributed by atoms with Gasteiger partial charge in [0.05, 0.1) is 13.2 Å². The van der Waals surface area contributed by atoms with E-state index in [-0.39, 0.29) is 6.61 Å². The minimum Gasteiger partial charge on any atom is -0.477 e. The molecule has 102 valence electrons. The van der Waals surface area contributed by atoms with E-state index in [1.54, 1.807) is 6.20 Å². The molecule has 0 spiro atoms. The molecule has 2 N–H and O–H groups in total. The molecule has 4 nitrogen and oxygen atoms in total. The van der Waals surface area contributed by atoms with Crippen molar-refractivity contribution in [3.8, 4) is 17.7 Å². The summed E-state index contributed by atoms with van der Waals surface area (Å²) in [6, 6.07) is 3.75. The molecule has 0 atom stereocenters. The maximum atomic E-state index is 8.64. The maximum absolute atomic E-state index is 8.64. The van der Waals surface area contributed by atoms with E-state index in [0.29, 0.717) is 18.2 Å². The Morgan fingerprint density at radius 2 is 2.21 bits per heavy atom. The van der Waals surface area contributed by atoms with Crippen LogP contribution in [-0.4, -0.2) is 36.4 Å². The smallest absolute Gasteiger partial charge is 0.213 e. The first-order valence-corrected chi connectivity index (χ1v) is 6.78. The van der Waals surface area contributed by atoms with Gasteiger partial charge in [-0.3, -0.25) is 0 Å². The molecule has 0 radical (unpaired) electrons. The molecule has 1 aromatic rings. The molecular formula is C15H20N2O2. The van der Waals surface area contributed by atoms with Crippen LogP contribution in [0.4, 0.5) is 0 Å². The van der Waals surface area contributed by atoms with E-state index in [1.807, 2.05) is 12.1 Å². The number of nitrogens with one attached hydrogen (secondary N) is 1. The lowest BCUT2D eigenvalue weighted by Gasteiger charge is -2.22. The van der Waals surface area contributed by atoms with Crippen LogP contribution in [0.5, 0.6) is 5.88 Å². The number of hydrogen-bond donors (Lipinski definition) is 2. The number of piperidine rings is 1. The highest BCUT2D eigenvalue weighted by Crippen LogP contribution is 2.14. The number of ether oxygens (including phenoxy) is 1. The summed E-state index contributed by atoms with van der Waals surface area (Å²) in [6.45, 7) is 3.00. The van der Waals surface area contributed by atoms with Crippen LogP contribution in [0.2, 0.25) is 0 Å².